The van der Waals surface area contributed by atoms with Crippen molar-refractivity contribution in [3.63, 3.8) is 0 Å². The Hall–Kier alpha value is -2.23. The van der Waals surface area contributed by atoms with E-state index in [1.807, 2.05) is 19.9 Å². The van der Waals surface area contributed by atoms with Gasteiger partial charge in [0.2, 0.25) is 0 Å². The van der Waals surface area contributed by atoms with Crippen molar-refractivity contribution in [2.75, 3.05) is 13.7 Å². The van der Waals surface area contributed by atoms with Crippen molar-refractivity contribution < 1.29 is 19.4 Å². The van der Waals surface area contributed by atoms with E-state index >= 15 is 0 Å². The van der Waals surface area contributed by atoms with E-state index in [0.29, 0.717) is 23.7 Å². The number of allylic oxidation sites excluding steroid dienone is 1. The maximum absolute atomic E-state index is 10.5. The van der Waals surface area contributed by atoms with Crippen LogP contribution in [0.25, 0.3) is 6.08 Å². The zero-order chi connectivity index (χ0) is 14.3. The molecule has 0 saturated carbocycles. The molecule has 0 saturated heterocycles. The first-order valence-electron chi connectivity index (χ1n) is 5.88. The fraction of sp³-hybridized carbons (Fsp3) is 0.267. The van der Waals surface area contributed by atoms with E-state index in [-0.39, 0.29) is 0 Å². The van der Waals surface area contributed by atoms with Gasteiger partial charge in [0.1, 0.15) is 18.1 Å². The number of carboxylic acids is 1. The number of carbonyl (C=O) groups is 1. The van der Waals surface area contributed by atoms with Gasteiger partial charge in [0.05, 0.1) is 7.11 Å². The summed E-state index contributed by atoms with van der Waals surface area (Å²) in [6.07, 6.45) is 4.53. The molecule has 0 aliphatic rings. The van der Waals surface area contributed by atoms with Crippen LogP contribution in [0.3, 0.4) is 0 Å². The topological polar surface area (TPSA) is 55.8 Å². The van der Waals surface area contributed by atoms with Gasteiger partial charge in [0.25, 0.3) is 0 Å². The summed E-state index contributed by atoms with van der Waals surface area (Å²) >= 11 is 0. The van der Waals surface area contributed by atoms with Crippen LogP contribution in [-0.4, -0.2) is 24.8 Å². The number of carboxylic acid groups (broad SMARTS) is 1. The predicted molar refractivity (Wildman–Crippen MR) is 74.6 cm³/mol. The Bertz CT molecular complexity index is 497. The number of hydrogen-bond donors (Lipinski definition) is 1. The Morgan fingerprint density at radius 2 is 2.11 bits per heavy atom. The fourth-order valence-electron chi connectivity index (χ4n) is 1.36. The number of benzene rings is 1. The molecule has 0 bridgehead atoms. The second kappa shape index (κ2) is 7.26. The lowest BCUT2D eigenvalue weighted by Gasteiger charge is -2.09. The zero-order valence-corrected chi connectivity index (χ0v) is 11.3. The standard InChI is InChI=1S/C15H18O4/c1-11(2)8-9-19-14-10-13(18-3)6-4-12(14)5-7-15(16)17/h4-8,10H,9H2,1-3H3,(H,16,17)/b7-5+. The van der Waals surface area contributed by atoms with Crippen LogP contribution >= 0.6 is 0 Å². The third-order valence-corrected chi connectivity index (χ3v) is 2.36. The van der Waals surface area contributed by atoms with Gasteiger partial charge in [-0.3, -0.25) is 0 Å². The first kappa shape index (κ1) is 14.8. The molecule has 0 radical (unpaired) electrons. The first-order valence-corrected chi connectivity index (χ1v) is 5.88. The maximum Gasteiger partial charge on any atom is 0.328 e. The summed E-state index contributed by atoms with van der Waals surface area (Å²) in [5.74, 6) is 0.264. The molecule has 4 heteroatoms. The second-order valence-corrected chi connectivity index (χ2v) is 4.17. The molecular formula is C15H18O4. The van der Waals surface area contributed by atoms with Crippen LogP contribution in [0.4, 0.5) is 0 Å². The molecule has 0 unspecified atom stereocenters. The molecule has 0 aliphatic carbocycles. The number of aliphatic carboxylic acids is 1. The molecule has 102 valence electrons. The molecule has 0 aliphatic heterocycles. The van der Waals surface area contributed by atoms with Gasteiger partial charge in [0, 0.05) is 17.7 Å². The van der Waals surface area contributed by atoms with Crippen molar-refractivity contribution in [3.05, 3.63) is 41.5 Å². The molecule has 0 fully saturated rings. The third-order valence-electron chi connectivity index (χ3n) is 2.36. The lowest BCUT2D eigenvalue weighted by Crippen LogP contribution is -1.97. The average molecular weight is 262 g/mol. The Morgan fingerprint density at radius 1 is 1.37 bits per heavy atom. The van der Waals surface area contributed by atoms with Crippen molar-refractivity contribution in [2.24, 2.45) is 0 Å². The summed E-state index contributed by atoms with van der Waals surface area (Å²) in [5.41, 5.74) is 1.86. The summed E-state index contributed by atoms with van der Waals surface area (Å²) in [4.78, 5) is 10.5. The number of methoxy groups -OCH3 is 1. The largest absolute Gasteiger partial charge is 0.497 e. The Morgan fingerprint density at radius 3 is 2.68 bits per heavy atom. The lowest BCUT2D eigenvalue weighted by molar-refractivity contribution is -0.131. The summed E-state index contributed by atoms with van der Waals surface area (Å²) in [7, 11) is 1.57. The van der Waals surface area contributed by atoms with E-state index in [2.05, 4.69) is 0 Å². The average Bonchev–Trinajstić information content (AvgIpc) is 2.36. The molecule has 0 aromatic heterocycles. The first-order chi connectivity index (χ1) is 9.02. The maximum atomic E-state index is 10.5. The van der Waals surface area contributed by atoms with Gasteiger partial charge in [-0.25, -0.2) is 4.79 Å². The SMILES string of the molecule is COc1ccc(/C=C/C(=O)O)c(OCC=C(C)C)c1. The number of ether oxygens (including phenoxy) is 2. The third kappa shape index (κ3) is 5.29. The number of hydrogen-bond acceptors (Lipinski definition) is 3. The highest BCUT2D eigenvalue weighted by Crippen LogP contribution is 2.26. The van der Waals surface area contributed by atoms with E-state index in [1.54, 1.807) is 25.3 Å². The Labute approximate surface area is 113 Å². The quantitative estimate of drug-likeness (QED) is 0.632. The molecule has 19 heavy (non-hydrogen) atoms. The Balaban J connectivity index is 2.95. The van der Waals surface area contributed by atoms with Gasteiger partial charge in [-0.15, -0.1) is 0 Å². The predicted octanol–water partition coefficient (Wildman–Crippen LogP) is 3.14. The lowest BCUT2D eigenvalue weighted by atomic mass is 10.1. The van der Waals surface area contributed by atoms with E-state index in [1.165, 1.54) is 6.08 Å². The molecule has 0 heterocycles. The van der Waals surface area contributed by atoms with Crippen LogP contribution in [0.1, 0.15) is 19.4 Å². The molecule has 0 atom stereocenters. The van der Waals surface area contributed by atoms with Gasteiger partial charge in [0.15, 0.2) is 0 Å². The van der Waals surface area contributed by atoms with E-state index < -0.39 is 5.97 Å². The zero-order valence-electron chi connectivity index (χ0n) is 11.3. The van der Waals surface area contributed by atoms with Gasteiger partial charge < -0.3 is 14.6 Å². The summed E-state index contributed by atoms with van der Waals surface area (Å²) in [6, 6.07) is 5.26. The molecule has 4 nitrogen and oxygen atoms in total. The van der Waals surface area contributed by atoms with Gasteiger partial charge in [-0.05, 0) is 38.1 Å². The Kier molecular flexibility index (Phi) is 5.67. The van der Waals surface area contributed by atoms with Crippen LogP contribution in [0, 0.1) is 0 Å². The highest BCUT2D eigenvalue weighted by Gasteiger charge is 2.03. The number of rotatable bonds is 6. The normalized spacial score (nSPS) is 10.3. The van der Waals surface area contributed by atoms with E-state index in [4.69, 9.17) is 14.6 Å². The molecule has 1 N–H and O–H groups in total. The van der Waals surface area contributed by atoms with Crippen LogP contribution < -0.4 is 9.47 Å². The molecule has 1 aromatic rings. The van der Waals surface area contributed by atoms with Crippen LogP contribution in [0.2, 0.25) is 0 Å². The van der Waals surface area contributed by atoms with Crippen LogP contribution in [0.15, 0.2) is 35.9 Å². The molecule has 0 spiro atoms. The summed E-state index contributed by atoms with van der Waals surface area (Å²) in [5, 5.41) is 8.65. The van der Waals surface area contributed by atoms with Gasteiger partial charge >= 0.3 is 5.97 Å². The molecule has 1 aromatic carbocycles. The molecular weight excluding hydrogens is 244 g/mol. The summed E-state index contributed by atoms with van der Waals surface area (Å²) < 4.78 is 10.7. The van der Waals surface area contributed by atoms with E-state index in [0.717, 1.165) is 11.6 Å². The summed E-state index contributed by atoms with van der Waals surface area (Å²) in [6.45, 7) is 4.41. The van der Waals surface area contributed by atoms with Crippen LogP contribution in [0.5, 0.6) is 11.5 Å². The fourth-order valence-corrected chi connectivity index (χ4v) is 1.36. The van der Waals surface area contributed by atoms with Crippen molar-refractivity contribution in [2.45, 2.75) is 13.8 Å². The smallest absolute Gasteiger partial charge is 0.328 e. The monoisotopic (exact) mass is 262 g/mol. The highest BCUT2D eigenvalue weighted by atomic mass is 16.5. The van der Waals surface area contributed by atoms with Gasteiger partial charge in [-0.1, -0.05) is 5.57 Å². The molecule has 0 amide bonds. The highest BCUT2D eigenvalue weighted by molar-refractivity contribution is 5.86. The van der Waals surface area contributed by atoms with E-state index in [9.17, 15) is 4.79 Å². The molecule has 1 rings (SSSR count). The van der Waals surface area contributed by atoms with Crippen molar-refractivity contribution >= 4 is 12.0 Å². The second-order valence-electron chi connectivity index (χ2n) is 4.17. The van der Waals surface area contributed by atoms with Crippen molar-refractivity contribution in [1.82, 2.24) is 0 Å². The van der Waals surface area contributed by atoms with Crippen molar-refractivity contribution in [1.29, 1.82) is 0 Å². The van der Waals surface area contributed by atoms with Crippen LogP contribution in [-0.2, 0) is 4.79 Å². The van der Waals surface area contributed by atoms with Gasteiger partial charge in [-0.2, -0.15) is 0 Å². The minimum absolute atomic E-state index is 0.434. The minimum atomic E-state index is -0.994. The minimum Gasteiger partial charge on any atom is -0.497 e. The van der Waals surface area contributed by atoms with Crippen molar-refractivity contribution in [3.8, 4) is 11.5 Å².